The maximum atomic E-state index is 10.7. The normalized spacial score (nSPS) is 24.3. The molecule has 0 saturated carbocycles. The van der Waals surface area contributed by atoms with Crippen molar-refractivity contribution < 1.29 is 23.7 Å². The number of rotatable bonds is 8. The highest BCUT2D eigenvalue weighted by Gasteiger charge is 2.49. The minimum atomic E-state index is -0.940. The Bertz CT molecular complexity index is 680. The van der Waals surface area contributed by atoms with E-state index in [1.807, 2.05) is 44.2 Å². The molecule has 0 amide bonds. The molecule has 1 fully saturated rings. The second-order valence-corrected chi connectivity index (χ2v) is 6.88. The molecule has 4 atom stereocenters. The van der Waals surface area contributed by atoms with Gasteiger partial charge in [0.05, 0.1) is 19.0 Å². The molecule has 2 aromatic rings. The van der Waals surface area contributed by atoms with E-state index in [0.29, 0.717) is 18.8 Å². The van der Waals surface area contributed by atoms with E-state index in [1.54, 1.807) is 18.2 Å². The third-order valence-electron chi connectivity index (χ3n) is 4.38. The van der Waals surface area contributed by atoms with Gasteiger partial charge in [0.2, 0.25) is 0 Å². The van der Waals surface area contributed by atoms with Crippen LogP contribution in [0.15, 0.2) is 65.8 Å². The third kappa shape index (κ3) is 4.43. The first-order chi connectivity index (χ1) is 12.5. The summed E-state index contributed by atoms with van der Waals surface area (Å²) in [4.78, 5) is 0. The van der Waals surface area contributed by atoms with Crippen LogP contribution in [0.1, 0.15) is 37.7 Å². The molecule has 1 aromatic heterocycles. The average Bonchev–Trinajstić information content (AvgIpc) is 3.26. The maximum Gasteiger partial charge on any atom is 0.164 e. The van der Waals surface area contributed by atoms with Crippen molar-refractivity contribution in [1.29, 1.82) is 0 Å². The van der Waals surface area contributed by atoms with Crippen LogP contribution in [0.3, 0.4) is 0 Å². The summed E-state index contributed by atoms with van der Waals surface area (Å²) < 4.78 is 23.5. The Morgan fingerprint density at radius 1 is 1.15 bits per heavy atom. The van der Waals surface area contributed by atoms with E-state index in [0.717, 1.165) is 5.56 Å². The van der Waals surface area contributed by atoms with Crippen molar-refractivity contribution in [3.8, 4) is 0 Å². The highest BCUT2D eigenvalue weighted by molar-refractivity contribution is 5.13. The quantitative estimate of drug-likeness (QED) is 0.723. The molecule has 0 aliphatic carbocycles. The Morgan fingerprint density at radius 3 is 2.54 bits per heavy atom. The van der Waals surface area contributed by atoms with E-state index < -0.39 is 24.1 Å². The molecule has 2 heterocycles. The lowest BCUT2D eigenvalue weighted by molar-refractivity contribution is -0.164. The monoisotopic (exact) mass is 358 g/mol. The molecule has 1 aromatic carbocycles. The number of aliphatic hydroxyl groups excluding tert-OH is 1. The Kier molecular flexibility index (Phi) is 5.94. The molecule has 0 spiro atoms. The zero-order valence-electron chi connectivity index (χ0n) is 15.2. The molecule has 1 saturated heterocycles. The summed E-state index contributed by atoms with van der Waals surface area (Å²) in [6.45, 7) is 7.93. The topological polar surface area (TPSA) is 61.1 Å². The van der Waals surface area contributed by atoms with Gasteiger partial charge in [-0.05, 0) is 38.0 Å². The lowest BCUT2D eigenvalue weighted by Gasteiger charge is -2.28. The molecule has 140 valence electrons. The fourth-order valence-corrected chi connectivity index (χ4v) is 3.21. The zero-order chi connectivity index (χ0) is 18.6. The van der Waals surface area contributed by atoms with Gasteiger partial charge in [-0.3, -0.25) is 0 Å². The van der Waals surface area contributed by atoms with Gasteiger partial charge in [0.25, 0.3) is 0 Å². The lowest BCUT2D eigenvalue weighted by Crippen LogP contribution is -2.40. The summed E-state index contributed by atoms with van der Waals surface area (Å²) in [6, 6.07) is 13.4. The average molecular weight is 358 g/mol. The van der Waals surface area contributed by atoms with Crippen LogP contribution in [0.5, 0.6) is 0 Å². The number of aliphatic hydroxyl groups is 1. The number of hydrogen-bond acceptors (Lipinski definition) is 5. The molecular weight excluding hydrogens is 332 g/mol. The van der Waals surface area contributed by atoms with Crippen LogP contribution >= 0.6 is 0 Å². The Labute approximate surface area is 154 Å². The fourth-order valence-electron chi connectivity index (χ4n) is 3.21. The van der Waals surface area contributed by atoms with Crippen molar-refractivity contribution >= 4 is 0 Å². The SMILES string of the molecule is C=CC[C@@H](OCc1ccccc1)[C@H]1OC(C)(C)O[C@H]1C(O)c1ccco1. The summed E-state index contributed by atoms with van der Waals surface area (Å²) >= 11 is 0. The van der Waals surface area contributed by atoms with Crippen LogP contribution < -0.4 is 0 Å². The van der Waals surface area contributed by atoms with Crippen molar-refractivity contribution in [3.05, 3.63) is 72.7 Å². The molecule has 0 radical (unpaired) electrons. The summed E-state index contributed by atoms with van der Waals surface area (Å²) in [7, 11) is 0. The number of hydrogen-bond donors (Lipinski definition) is 1. The van der Waals surface area contributed by atoms with E-state index >= 15 is 0 Å². The van der Waals surface area contributed by atoms with Crippen LogP contribution in [0, 0.1) is 0 Å². The first-order valence-electron chi connectivity index (χ1n) is 8.84. The fraction of sp³-hybridized carbons (Fsp3) is 0.429. The number of furan rings is 1. The molecule has 1 aliphatic rings. The van der Waals surface area contributed by atoms with Crippen molar-refractivity contribution in [2.24, 2.45) is 0 Å². The molecule has 3 rings (SSSR count). The largest absolute Gasteiger partial charge is 0.466 e. The molecule has 26 heavy (non-hydrogen) atoms. The van der Waals surface area contributed by atoms with Crippen LogP contribution in [-0.2, 0) is 20.8 Å². The van der Waals surface area contributed by atoms with Gasteiger partial charge in [0, 0.05) is 0 Å². The second kappa shape index (κ2) is 8.18. The smallest absolute Gasteiger partial charge is 0.164 e. The van der Waals surface area contributed by atoms with Gasteiger partial charge in [-0.2, -0.15) is 0 Å². The Morgan fingerprint density at radius 2 is 1.88 bits per heavy atom. The van der Waals surface area contributed by atoms with Gasteiger partial charge in [0.1, 0.15) is 24.1 Å². The van der Waals surface area contributed by atoms with E-state index in [4.69, 9.17) is 18.6 Å². The first kappa shape index (κ1) is 18.9. The van der Waals surface area contributed by atoms with E-state index in [2.05, 4.69) is 6.58 Å². The predicted octanol–water partition coefficient (Wildman–Crippen LogP) is 3.99. The van der Waals surface area contributed by atoms with Gasteiger partial charge >= 0.3 is 0 Å². The predicted molar refractivity (Wildman–Crippen MR) is 97.3 cm³/mol. The van der Waals surface area contributed by atoms with Crippen LogP contribution in [0.4, 0.5) is 0 Å². The molecular formula is C21H26O5. The summed E-state index contributed by atoms with van der Waals surface area (Å²) in [5.74, 6) is -0.375. The van der Waals surface area contributed by atoms with Crippen molar-refractivity contribution in [3.63, 3.8) is 0 Å². The molecule has 0 bridgehead atoms. The first-order valence-corrected chi connectivity index (χ1v) is 8.84. The third-order valence-corrected chi connectivity index (χ3v) is 4.38. The number of ether oxygens (including phenoxy) is 3. The second-order valence-electron chi connectivity index (χ2n) is 6.88. The molecule has 5 heteroatoms. The van der Waals surface area contributed by atoms with E-state index in [9.17, 15) is 5.11 Å². The Balaban J connectivity index is 1.77. The molecule has 1 unspecified atom stereocenters. The summed E-state index contributed by atoms with van der Waals surface area (Å²) in [5.41, 5.74) is 1.07. The van der Waals surface area contributed by atoms with E-state index in [-0.39, 0.29) is 6.10 Å². The maximum absolute atomic E-state index is 10.7. The lowest BCUT2D eigenvalue weighted by atomic mass is 9.99. The van der Waals surface area contributed by atoms with Gasteiger partial charge in [0.15, 0.2) is 5.79 Å². The van der Waals surface area contributed by atoms with Crippen molar-refractivity contribution in [1.82, 2.24) is 0 Å². The zero-order valence-corrected chi connectivity index (χ0v) is 15.2. The highest BCUT2D eigenvalue weighted by Crippen LogP contribution is 2.38. The van der Waals surface area contributed by atoms with Gasteiger partial charge in [-0.15, -0.1) is 6.58 Å². The minimum absolute atomic E-state index is 0.302. The number of benzene rings is 1. The van der Waals surface area contributed by atoms with Gasteiger partial charge in [-0.25, -0.2) is 0 Å². The molecule has 1 N–H and O–H groups in total. The van der Waals surface area contributed by atoms with Gasteiger partial charge < -0.3 is 23.7 Å². The van der Waals surface area contributed by atoms with Crippen LogP contribution in [0.25, 0.3) is 0 Å². The van der Waals surface area contributed by atoms with E-state index in [1.165, 1.54) is 6.26 Å². The highest BCUT2D eigenvalue weighted by atomic mass is 16.8. The Hall–Kier alpha value is -1.92. The van der Waals surface area contributed by atoms with Crippen molar-refractivity contribution in [2.45, 2.75) is 57.1 Å². The summed E-state index contributed by atoms with van der Waals surface area (Å²) in [5, 5.41) is 10.7. The summed E-state index contributed by atoms with van der Waals surface area (Å²) in [6.07, 6.45) is 1.61. The van der Waals surface area contributed by atoms with Gasteiger partial charge in [-0.1, -0.05) is 36.4 Å². The molecule has 5 nitrogen and oxygen atoms in total. The molecule has 1 aliphatic heterocycles. The minimum Gasteiger partial charge on any atom is -0.466 e. The standard InChI is InChI=1S/C21H26O5/c1-4-9-17(24-14-15-10-6-5-7-11-15)19-20(26-21(2,3)25-19)18(22)16-12-8-13-23-16/h4-8,10-13,17-20,22H,1,9,14H2,2-3H3/t17-,18?,19-,20+/m1/s1. The van der Waals surface area contributed by atoms with Crippen molar-refractivity contribution in [2.75, 3.05) is 0 Å². The van der Waals surface area contributed by atoms with Crippen LogP contribution in [-0.4, -0.2) is 29.2 Å². The van der Waals surface area contributed by atoms with Crippen LogP contribution in [0.2, 0.25) is 0 Å².